The molecule has 0 aliphatic carbocycles. The van der Waals surface area contributed by atoms with Crippen molar-refractivity contribution in [1.29, 1.82) is 0 Å². The van der Waals surface area contributed by atoms with Gasteiger partial charge in [0.2, 0.25) is 5.91 Å². The average Bonchev–Trinajstić information content (AvgIpc) is 2.45. The van der Waals surface area contributed by atoms with Crippen LogP contribution in [0.4, 0.5) is 5.69 Å². The highest BCUT2D eigenvalue weighted by molar-refractivity contribution is 5.84. The fraction of sp³-hybridized carbons (Fsp3) is 0.133. The first-order valence-electron chi connectivity index (χ1n) is 6.09. The molecule has 0 spiro atoms. The van der Waals surface area contributed by atoms with Gasteiger partial charge in [0.15, 0.2) is 0 Å². The molecule has 0 heterocycles. The van der Waals surface area contributed by atoms with E-state index in [9.17, 15) is 9.90 Å². The number of anilines is 1. The van der Waals surface area contributed by atoms with Crippen molar-refractivity contribution in [3.63, 3.8) is 0 Å². The number of hydrogen-bond donors (Lipinski definition) is 3. The second-order valence-electron chi connectivity index (χ2n) is 4.30. The number of amides is 1. The van der Waals surface area contributed by atoms with Gasteiger partial charge in [0.05, 0.1) is 7.11 Å². The smallest absolute Gasteiger partial charge is 0.244 e. The third-order valence-electron chi connectivity index (χ3n) is 2.89. The summed E-state index contributed by atoms with van der Waals surface area (Å²) in [5.41, 5.74) is 6.75. The maximum absolute atomic E-state index is 11.6. The predicted octanol–water partition coefficient (Wildman–Crippen LogP) is 2.04. The minimum atomic E-state index is -0.713. The Hall–Kier alpha value is -2.69. The molecule has 1 unspecified atom stereocenters. The Labute approximate surface area is 117 Å². The lowest BCUT2D eigenvalue weighted by molar-refractivity contribution is -0.118. The van der Waals surface area contributed by atoms with Crippen molar-refractivity contribution in [3.05, 3.63) is 54.1 Å². The van der Waals surface area contributed by atoms with Crippen molar-refractivity contribution in [1.82, 2.24) is 0 Å². The lowest BCUT2D eigenvalue weighted by Gasteiger charge is -2.17. The lowest BCUT2D eigenvalue weighted by Crippen LogP contribution is -2.27. The van der Waals surface area contributed by atoms with E-state index < -0.39 is 11.9 Å². The van der Waals surface area contributed by atoms with Gasteiger partial charge in [0, 0.05) is 5.69 Å². The number of aromatic hydroxyl groups is 1. The van der Waals surface area contributed by atoms with Gasteiger partial charge in [-0.25, -0.2) is 0 Å². The molecule has 0 saturated carbocycles. The Morgan fingerprint density at radius 3 is 2.50 bits per heavy atom. The molecular weight excluding hydrogens is 256 g/mol. The second-order valence-corrected chi connectivity index (χ2v) is 4.30. The van der Waals surface area contributed by atoms with Gasteiger partial charge in [0.1, 0.15) is 17.5 Å². The van der Waals surface area contributed by atoms with Gasteiger partial charge < -0.3 is 20.9 Å². The van der Waals surface area contributed by atoms with Crippen LogP contribution in [0.15, 0.2) is 48.5 Å². The molecule has 0 aromatic heterocycles. The highest BCUT2D eigenvalue weighted by atomic mass is 16.5. The number of methoxy groups -OCH3 is 1. The number of nitrogens with two attached hydrogens (primary N) is 1. The van der Waals surface area contributed by atoms with Crippen LogP contribution in [0.5, 0.6) is 11.5 Å². The summed E-state index contributed by atoms with van der Waals surface area (Å²) in [7, 11) is 1.58. The van der Waals surface area contributed by atoms with Gasteiger partial charge in [0.25, 0.3) is 0 Å². The summed E-state index contributed by atoms with van der Waals surface area (Å²) in [6.07, 6.45) is 0. The topological polar surface area (TPSA) is 84.6 Å². The summed E-state index contributed by atoms with van der Waals surface area (Å²) in [6.45, 7) is 0. The van der Waals surface area contributed by atoms with Gasteiger partial charge in [-0.15, -0.1) is 0 Å². The molecule has 0 aliphatic heterocycles. The van der Waals surface area contributed by atoms with E-state index in [1.807, 2.05) is 0 Å². The largest absolute Gasteiger partial charge is 0.508 e. The van der Waals surface area contributed by atoms with Crippen LogP contribution in [0.1, 0.15) is 11.6 Å². The van der Waals surface area contributed by atoms with Crippen molar-refractivity contribution in [2.75, 3.05) is 12.4 Å². The number of nitrogens with one attached hydrogen (secondary N) is 1. The van der Waals surface area contributed by atoms with E-state index in [1.165, 1.54) is 12.1 Å². The number of ether oxygens (including phenoxy) is 1. The van der Waals surface area contributed by atoms with Crippen molar-refractivity contribution >= 4 is 11.6 Å². The Balaban J connectivity index is 2.23. The first kappa shape index (κ1) is 13.7. The molecule has 0 radical (unpaired) electrons. The minimum absolute atomic E-state index is 0.0882. The van der Waals surface area contributed by atoms with Crippen molar-refractivity contribution in [2.45, 2.75) is 6.04 Å². The Morgan fingerprint density at radius 1 is 1.25 bits per heavy atom. The molecule has 2 rings (SSSR count). The summed E-state index contributed by atoms with van der Waals surface area (Å²) in [5.74, 6) is 0.292. The van der Waals surface area contributed by atoms with Crippen molar-refractivity contribution in [3.8, 4) is 11.5 Å². The minimum Gasteiger partial charge on any atom is -0.508 e. The average molecular weight is 272 g/mol. The fourth-order valence-electron chi connectivity index (χ4n) is 1.88. The molecule has 0 aliphatic rings. The summed E-state index contributed by atoms with van der Waals surface area (Å²) in [4.78, 5) is 11.6. The third kappa shape index (κ3) is 3.20. The number of benzene rings is 2. The summed E-state index contributed by atoms with van der Waals surface area (Å²) in [6, 6.07) is 12.9. The van der Waals surface area contributed by atoms with Crippen LogP contribution < -0.4 is 15.8 Å². The molecule has 4 N–H and O–H groups in total. The molecule has 0 fully saturated rings. The van der Waals surface area contributed by atoms with E-state index >= 15 is 0 Å². The van der Waals surface area contributed by atoms with Crippen molar-refractivity contribution < 1.29 is 14.6 Å². The number of phenols is 1. The quantitative estimate of drug-likeness (QED) is 0.777. The molecule has 0 saturated heterocycles. The Bertz CT molecular complexity index is 596. The number of primary amides is 1. The SMILES string of the molecule is COc1ccc(NC(C(N)=O)c2cccc(O)c2)cc1. The van der Waals surface area contributed by atoms with Crippen LogP contribution in [-0.2, 0) is 4.79 Å². The molecule has 5 nitrogen and oxygen atoms in total. The van der Waals surface area contributed by atoms with Crippen LogP contribution in [-0.4, -0.2) is 18.1 Å². The van der Waals surface area contributed by atoms with E-state index in [1.54, 1.807) is 43.5 Å². The number of hydrogen-bond acceptors (Lipinski definition) is 4. The number of carbonyl (C=O) groups excluding carboxylic acids is 1. The molecule has 1 amide bonds. The number of carbonyl (C=O) groups is 1. The highest BCUT2D eigenvalue weighted by Crippen LogP contribution is 2.23. The van der Waals surface area contributed by atoms with Crippen LogP contribution in [0, 0.1) is 0 Å². The van der Waals surface area contributed by atoms with Crippen LogP contribution in [0.2, 0.25) is 0 Å². The molecule has 2 aromatic carbocycles. The molecule has 0 bridgehead atoms. The van der Waals surface area contributed by atoms with Crippen molar-refractivity contribution in [2.24, 2.45) is 5.73 Å². The molecule has 5 heteroatoms. The maximum Gasteiger partial charge on any atom is 0.244 e. The molecule has 2 aromatic rings. The standard InChI is InChI=1S/C15H16N2O3/c1-20-13-7-5-11(6-8-13)17-14(15(16)19)10-3-2-4-12(18)9-10/h2-9,14,17-18H,1H3,(H2,16,19). The van der Waals surface area contributed by atoms with E-state index in [0.29, 0.717) is 5.56 Å². The monoisotopic (exact) mass is 272 g/mol. The van der Waals surface area contributed by atoms with E-state index in [-0.39, 0.29) is 5.75 Å². The van der Waals surface area contributed by atoms with Gasteiger partial charge in [-0.2, -0.15) is 0 Å². The molecule has 104 valence electrons. The molecular formula is C15H16N2O3. The van der Waals surface area contributed by atoms with Crippen LogP contribution in [0.25, 0.3) is 0 Å². The Kier molecular flexibility index (Phi) is 4.10. The summed E-state index contributed by atoms with van der Waals surface area (Å²) in [5, 5.41) is 12.5. The van der Waals surface area contributed by atoms with Gasteiger partial charge >= 0.3 is 0 Å². The van der Waals surface area contributed by atoms with Gasteiger partial charge in [-0.05, 0) is 42.0 Å². The van der Waals surface area contributed by atoms with Gasteiger partial charge in [-0.3, -0.25) is 4.79 Å². The fourth-order valence-corrected chi connectivity index (χ4v) is 1.88. The maximum atomic E-state index is 11.6. The van der Waals surface area contributed by atoms with E-state index in [4.69, 9.17) is 10.5 Å². The van der Waals surface area contributed by atoms with E-state index in [0.717, 1.165) is 11.4 Å². The Morgan fingerprint density at radius 2 is 1.95 bits per heavy atom. The highest BCUT2D eigenvalue weighted by Gasteiger charge is 2.17. The molecule has 1 atom stereocenters. The van der Waals surface area contributed by atoms with E-state index in [2.05, 4.69) is 5.32 Å². The predicted molar refractivity (Wildman–Crippen MR) is 76.7 cm³/mol. The zero-order valence-electron chi connectivity index (χ0n) is 11.0. The van der Waals surface area contributed by atoms with Gasteiger partial charge in [-0.1, -0.05) is 12.1 Å². The number of phenolic OH excluding ortho intramolecular Hbond substituents is 1. The first-order chi connectivity index (χ1) is 9.60. The van der Waals surface area contributed by atoms with Crippen LogP contribution >= 0.6 is 0 Å². The van der Waals surface area contributed by atoms with Crippen LogP contribution in [0.3, 0.4) is 0 Å². The number of rotatable bonds is 5. The third-order valence-corrected chi connectivity index (χ3v) is 2.89. The second kappa shape index (κ2) is 5.97. The summed E-state index contributed by atoms with van der Waals surface area (Å²) >= 11 is 0. The lowest BCUT2D eigenvalue weighted by atomic mass is 10.1. The normalized spacial score (nSPS) is 11.7. The molecule has 20 heavy (non-hydrogen) atoms. The zero-order chi connectivity index (χ0) is 14.5. The zero-order valence-corrected chi connectivity index (χ0v) is 11.0. The first-order valence-corrected chi connectivity index (χ1v) is 6.09. The summed E-state index contributed by atoms with van der Waals surface area (Å²) < 4.78 is 5.07.